The molecule has 0 aromatic heterocycles. The molecular weight excluding hydrogens is 482 g/mol. The predicted octanol–water partition coefficient (Wildman–Crippen LogP) is 4.89. The van der Waals surface area contributed by atoms with Gasteiger partial charge in [0.25, 0.3) is 0 Å². The number of methoxy groups -OCH3 is 4. The van der Waals surface area contributed by atoms with Crippen molar-refractivity contribution < 1.29 is 23.7 Å². The summed E-state index contributed by atoms with van der Waals surface area (Å²) in [6.45, 7) is 15.0. The zero-order chi connectivity index (χ0) is 27.9. The molecule has 0 saturated carbocycles. The SMILES string of the molecule is C=CC(=C)C(C)(/C=C1\N(CC(C)/C=C/OC)C(=O)NC12CCN(Cc1cc(OC)cc(OC)c1)CC2)OC. The maximum atomic E-state index is 13.4. The highest BCUT2D eigenvalue weighted by atomic mass is 16.5. The molecule has 0 radical (unpaired) electrons. The second-order valence-corrected chi connectivity index (χ2v) is 10.2. The van der Waals surface area contributed by atoms with Crippen molar-refractivity contribution in [2.75, 3.05) is 48.1 Å². The molecule has 2 aliphatic heterocycles. The summed E-state index contributed by atoms with van der Waals surface area (Å²) in [4.78, 5) is 17.6. The summed E-state index contributed by atoms with van der Waals surface area (Å²) in [5, 5.41) is 3.34. The van der Waals surface area contributed by atoms with Crippen molar-refractivity contribution in [3.63, 3.8) is 0 Å². The quantitative estimate of drug-likeness (QED) is 0.309. The van der Waals surface area contributed by atoms with Gasteiger partial charge in [-0.2, -0.15) is 0 Å². The van der Waals surface area contributed by atoms with E-state index in [1.807, 2.05) is 42.2 Å². The summed E-state index contributed by atoms with van der Waals surface area (Å²) < 4.78 is 21.9. The molecule has 2 atom stereocenters. The maximum Gasteiger partial charge on any atom is 0.322 e. The van der Waals surface area contributed by atoms with Gasteiger partial charge in [-0.3, -0.25) is 9.80 Å². The lowest BCUT2D eigenvalue weighted by atomic mass is 9.82. The monoisotopic (exact) mass is 525 g/mol. The minimum Gasteiger partial charge on any atom is -0.505 e. The van der Waals surface area contributed by atoms with E-state index in [1.165, 1.54) is 0 Å². The lowest BCUT2D eigenvalue weighted by molar-refractivity contribution is 0.0796. The number of hydrogen-bond donors (Lipinski definition) is 1. The van der Waals surface area contributed by atoms with E-state index < -0.39 is 11.1 Å². The fourth-order valence-electron chi connectivity index (χ4n) is 5.10. The summed E-state index contributed by atoms with van der Waals surface area (Å²) in [5.74, 6) is 1.64. The average molecular weight is 526 g/mol. The van der Waals surface area contributed by atoms with E-state index in [0.29, 0.717) is 6.54 Å². The zero-order valence-electron chi connectivity index (χ0n) is 23.7. The van der Waals surface area contributed by atoms with Gasteiger partial charge in [0.15, 0.2) is 0 Å². The van der Waals surface area contributed by atoms with Crippen molar-refractivity contribution in [2.45, 2.75) is 44.4 Å². The van der Waals surface area contributed by atoms with Gasteiger partial charge in [-0.05, 0) is 61.1 Å². The van der Waals surface area contributed by atoms with Crippen LogP contribution in [0.3, 0.4) is 0 Å². The third kappa shape index (κ3) is 6.42. The van der Waals surface area contributed by atoms with Crippen molar-refractivity contribution in [2.24, 2.45) is 5.92 Å². The number of nitrogens with zero attached hydrogens (tertiary/aromatic N) is 2. The largest absolute Gasteiger partial charge is 0.505 e. The van der Waals surface area contributed by atoms with Crippen molar-refractivity contribution in [3.8, 4) is 11.5 Å². The first-order valence-electron chi connectivity index (χ1n) is 13.0. The van der Waals surface area contributed by atoms with Crippen LogP contribution >= 0.6 is 0 Å². The van der Waals surface area contributed by atoms with Crippen LogP contribution < -0.4 is 14.8 Å². The number of piperidine rings is 1. The van der Waals surface area contributed by atoms with E-state index in [4.69, 9.17) is 18.9 Å². The van der Waals surface area contributed by atoms with Crippen molar-refractivity contribution in [1.82, 2.24) is 15.1 Å². The Morgan fingerprint density at radius 1 is 1.16 bits per heavy atom. The predicted molar refractivity (Wildman–Crippen MR) is 150 cm³/mol. The molecule has 1 N–H and O–H groups in total. The Labute approximate surface area is 227 Å². The van der Waals surface area contributed by atoms with Crippen molar-refractivity contribution in [1.29, 1.82) is 0 Å². The lowest BCUT2D eigenvalue weighted by Crippen LogP contribution is -2.51. The summed E-state index contributed by atoms with van der Waals surface area (Å²) in [7, 11) is 6.59. The molecular formula is C30H43N3O5. The van der Waals surface area contributed by atoms with Gasteiger partial charge in [-0.25, -0.2) is 4.79 Å². The van der Waals surface area contributed by atoms with Gasteiger partial charge < -0.3 is 24.3 Å². The zero-order valence-corrected chi connectivity index (χ0v) is 23.7. The van der Waals surface area contributed by atoms with Crippen LogP contribution in [0, 0.1) is 5.92 Å². The topological polar surface area (TPSA) is 72.5 Å². The van der Waals surface area contributed by atoms with Crippen LogP contribution in [0.5, 0.6) is 11.5 Å². The molecule has 3 rings (SSSR count). The van der Waals surface area contributed by atoms with Gasteiger partial charge in [0.1, 0.15) is 17.1 Å². The summed E-state index contributed by atoms with van der Waals surface area (Å²) >= 11 is 0. The number of hydrogen-bond acceptors (Lipinski definition) is 6. The van der Waals surface area contributed by atoms with Crippen LogP contribution in [0.1, 0.15) is 32.3 Å². The Balaban J connectivity index is 1.89. The Bertz CT molecular complexity index is 1050. The second-order valence-electron chi connectivity index (χ2n) is 10.2. The van der Waals surface area contributed by atoms with E-state index in [0.717, 1.165) is 60.8 Å². The number of nitrogens with one attached hydrogen (secondary N) is 1. The van der Waals surface area contributed by atoms with Gasteiger partial charge in [0.05, 0.1) is 33.1 Å². The molecule has 2 amide bonds. The Morgan fingerprint density at radius 2 is 1.79 bits per heavy atom. The molecule has 1 aromatic carbocycles. The van der Waals surface area contributed by atoms with E-state index in [1.54, 1.807) is 40.8 Å². The highest BCUT2D eigenvalue weighted by molar-refractivity contribution is 5.82. The number of rotatable bonds is 12. The third-order valence-electron chi connectivity index (χ3n) is 7.63. The van der Waals surface area contributed by atoms with Crippen LogP contribution in [-0.4, -0.2) is 75.0 Å². The molecule has 2 saturated heterocycles. The third-order valence-corrected chi connectivity index (χ3v) is 7.63. The molecule has 8 heteroatoms. The van der Waals surface area contributed by atoms with Gasteiger partial charge in [-0.1, -0.05) is 26.2 Å². The molecule has 38 heavy (non-hydrogen) atoms. The van der Waals surface area contributed by atoms with Crippen LogP contribution in [0.25, 0.3) is 0 Å². The summed E-state index contributed by atoms with van der Waals surface area (Å²) in [6, 6.07) is 5.86. The van der Waals surface area contributed by atoms with Crippen LogP contribution in [0.2, 0.25) is 0 Å². The van der Waals surface area contributed by atoms with Crippen molar-refractivity contribution in [3.05, 3.63) is 72.7 Å². The number of amides is 2. The first-order valence-corrected chi connectivity index (χ1v) is 13.0. The second kappa shape index (κ2) is 12.5. The molecule has 2 unspecified atom stereocenters. The number of likely N-dealkylation sites (tertiary alicyclic amines) is 1. The molecule has 1 aromatic rings. The Morgan fingerprint density at radius 3 is 2.32 bits per heavy atom. The Hall–Kier alpha value is -3.23. The lowest BCUT2D eigenvalue weighted by Gasteiger charge is -2.41. The highest BCUT2D eigenvalue weighted by Crippen LogP contribution is 2.40. The number of urea groups is 1. The van der Waals surface area contributed by atoms with Gasteiger partial charge >= 0.3 is 6.03 Å². The number of carbonyl (C=O) groups is 1. The summed E-state index contributed by atoms with van der Waals surface area (Å²) in [6.07, 6.45) is 8.90. The number of carbonyl (C=O) groups excluding carboxylic acids is 1. The van der Waals surface area contributed by atoms with Crippen molar-refractivity contribution >= 4 is 6.03 Å². The maximum absolute atomic E-state index is 13.4. The van der Waals surface area contributed by atoms with Gasteiger partial charge in [0.2, 0.25) is 0 Å². The first-order chi connectivity index (χ1) is 18.1. The highest BCUT2D eigenvalue weighted by Gasteiger charge is 2.50. The standard InChI is InChI=1S/C30H43N3O5/c1-9-23(3)29(4,38-8)19-27-30(31-28(34)33(27)20-22(2)10-15-35-5)11-13-32(14-12-30)21-24-16-25(36-6)18-26(17-24)37-7/h9-10,15-19,22H,1,3,11-14,20-21H2,2,4-8H3,(H,31,34)/b15-10+,27-19-. The van der Waals surface area contributed by atoms with Gasteiger partial charge in [-0.15, -0.1) is 0 Å². The van der Waals surface area contributed by atoms with E-state index >= 15 is 0 Å². The molecule has 208 valence electrons. The summed E-state index contributed by atoms with van der Waals surface area (Å²) in [5.41, 5.74) is 1.49. The molecule has 1 spiro atoms. The fourth-order valence-corrected chi connectivity index (χ4v) is 5.10. The van der Waals surface area contributed by atoms with Crippen LogP contribution in [0.4, 0.5) is 4.79 Å². The van der Waals surface area contributed by atoms with Crippen LogP contribution in [-0.2, 0) is 16.0 Å². The first kappa shape index (κ1) is 29.3. The van der Waals surface area contributed by atoms with E-state index in [9.17, 15) is 4.79 Å². The molecule has 2 heterocycles. The smallest absolute Gasteiger partial charge is 0.322 e. The number of benzene rings is 1. The van der Waals surface area contributed by atoms with E-state index in [2.05, 4.69) is 30.3 Å². The minimum absolute atomic E-state index is 0.0948. The van der Waals surface area contributed by atoms with Gasteiger partial charge in [0, 0.05) is 45.1 Å². The van der Waals surface area contributed by atoms with E-state index in [-0.39, 0.29) is 11.9 Å². The molecule has 2 aliphatic rings. The molecule has 8 nitrogen and oxygen atoms in total. The average Bonchev–Trinajstić information content (AvgIpc) is 3.16. The molecule has 2 fully saturated rings. The molecule has 0 bridgehead atoms. The van der Waals surface area contributed by atoms with Crippen LogP contribution in [0.15, 0.2) is 67.1 Å². The fraction of sp³-hybridized carbons (Fsp3) is 0.500. The minimum atomic E-state index is -0.797. The number of ether oxygens (including phenoxy) is 4. The Kier molecular flexibility index (Phi) is 9.68. The molecule has 0 aliphatic carbocycles. The normalized spacial score (nSPS) is 20.8.